The molecule has 2 aromatic carbocycles. The third kappa shape index (κ3) is 5.41. The number of halogens is 3. The molecule has 0 saturated heterocycles. The summed E-state index contributed by atoms with van der Waals surface area (Å²) in [5, 5.41) is 0.681. The van der Waals surface area contributed by atoms with Crippen LogP contribution in [-0.4, -0.2) is 20.9 Å². The quantitative estimate of drug-likeness (QED) is 0.435. The van der Waals surface area contributed by atoms with Gasteiger partial charge in [-0.3, -0.25) is 10.2 Å². The van der Waals surface area contributed by atoms with E-state index in [1.54, 1.807) is 17.8 Å². The second-order valence-corrected chi connectivity index (χ2v) is 8.05. The second kappa shape index (κ2) is 8.40. The fourth-order valence-electron chi connectivity index (χ4n) is 2.59. The molecule has 12 heteroatoms. The van der Waals surface area contributed by atoms with E-state index in [2.05, 4.69) is 0 Å². The van der Waals surface area contributed by atoms with Gasteiger partial charge < -0.3 is 9.15 Å². The molecule has 0 unspecified atom stereocenters. The number of sulfonamides is 1. The number of ether oxygens (including phenoxy) is 1. The third-order valence-corrected chi connectivity index (χ3v) is 5.37. The summed E-state index contributed by atoms with van der Waals surface area (Å²) in [4.78, 5) is 24.6. The van der Waals surface area contributed by atoms with Crippen LogP contribution < -0.4 is 20.6 Å². The first-order valence-corrected chi connectivity index (χ1v) is 10.1. The Balaban J connectivity index is 1.59. The summed E-state index contributed by atoms with van der Waals surface area (Å²) < 4.78 is 72.2. The number of carbonyl (C=O) groups is 1. The van der Waals surface area contributed by atoms with E-state index in [4.69, 9.17) is 9.15 Å². The lowest BCUT2D eigenvalue weighted by atomic mass is 10.1. The average molecular weight is 456 g/mol. The number of alkyl halides is 3. The minimum absolute atomic E-state index is 0.196. The van der Waals surface area contributed by atoms with Crippen LogP contribution in [0.4, 0.5) is 13.2 Å². The zero-order valence-electron chi connectivity index (χ0n) is 15.8. The van der Waals surface area contributed by atoms with Crippen LogP contribution in [0, 0.1) is 6.92 Å². The number of fused-ring (bicyclic) bond motifs is 1. The Morgan fingerprint density at radius 3 is 2.42 bits per heavy atom. The molecule has 0 atom stereocenters. The Hall–Kier alpha value is -3.38. The average Bonchev–Trinajstić information content (AvgIpc) is 2.70. The first kappa shape index (κ1) is 22.3. The Morgan fingerprint density at radius 1 is 1.10 bits per heavy atom. The third-order valence-electron chi connectivity index (χ3n) is 4.11. The van der Waals surface area contributed by atoms with E-state index < -0.39 is 44.8 Å². The number of rotatable bonds is 6. The number of aryl methyl sites for hydroxylation is 1. The lowest BCUT2D eigenvalue weighted by Gasteiger charge is -2.11. The van der Waals surface area contributed by atoms with E-state index in [0.29, 0.717) is 23.1 Å². The van der Waals surface area contributed by atoms with Gasteiger partial charge in [0, 0.05) is 17.5 Å². The monoisotopic (exact) mass is 456 g/mol. The maximum absolute atomic E-state index is 12.6. The normalized spacial score (nSPS) is 12.0. The highest BCUT2D eigenvalue weighted by molar-refractivity contribution is 7.89. The minimum Gasteiger partial charge on any atom is -0.484 e. The number of amides is 1. The molecule has 3 rings (SSSR count). The van der Waals surface area contributed by atoms with E-state index in [-0.39, 0.29) is 11.3 Å². The van der Waals surface area contributed by atoms with Gasteiger partial charge in [-0.25, -0.2) is 13.2 Å². The molecule has 31 heavy (non-hydrogen) atoms. The number of benzene rings is 2. The van der Waals surface area contributed by atoms with Crippen LogP contribution in [-0.2, 0) is 21.0 Å². The fourth-order valence-corrected chi connectivity index (χ4v) is 3.45. The van der Waals surface area contributed by atoms with Crippen LogP contribution in [0.5, 0.6) is 5.75 Å². The molecular weight excluding hydrogens is 441 g/mol. The smallest absolute Gasteiger partial charge is 0.416 e. The highest BCUT2D eigenvalue weighted by atomic mass is 32.2. The number of hydrogen-bond donors (Lipinski definition) is 2. The molecule has 164 valence electrons. The van der Waals surface area contributed by atoms with Gasteiger partial charge in [0.05, 0.1) is 10.5 Å². The molecule has 1 amide bonds. The molecule has 0 spiro atoms. The van der Waals surface area contributed by atoms with Crippen LogP contribution in [0.1, 0.15) is 11.1 Å². The molecule has 0 radical (unpaired) electrons. The molecular formula is C19H15F3N2O6S. The van der Waals surface area contributed by atoms with E-state index >= 15 is 0 Å². The minimum atomic E-state index is -4.61. The van der Waals surface area contributed by atoms with E-state index in [1.807, 2.05) is 5.43 Å². The Kier molecular flexibility index (Phi) is 6.04. The van der Waals surface area contributed by atoms with Crippen molar-refractivity contribution in [2.24, 2.45) is 0 Å². The first-order chi connectivity index (χ1) is 14.5. The van der Waals surface area contributed by atoms with Crippen molar-refractivity contribution in [2.75, 3.05) is 6.61 Å². The van der Waals surface area contributed by atoms with Gasteiger partial charge in [0.15, 0.2) is 6.61 Å². The topological polar surface area (TPSA) is 115 Å². The summed E-state index contributed by atoms with van der Waals surface area (Å²) in [5.41, 5.74) is 1.30. The van der Waals surface area contributed by atoms with Crippen molar-refractivity contribution in [3.63, 3.8) is 0 Å². The summed E-state index contributed by atoms with van der Waals surface area (Å²) in [7, 11) is -4.29. The molecule has 8 nitrogen and oxygen atoms in total. The second-order valence-electron chi connectivity index (χ2n) is 6.37. The maximum atomic E-state index is 12.6. The van der Waals surface area contributed by atoms with Crippen LogP contribution in [0.15, 0.2) is 62.6 Å². The van der Waals surface area contributed by atoms with Crippen molar-refractivity contribution in [1.29, 1.82) is 0 Å². The number of nitrogens with one attached hydrogen (secondary N) is 2. The molecule has 3 aromatic rings. The fraction of sp³-hybridized carbons (Fsp3) is 0.158. The predicted molar refractivity (Wildman–Crippen MR) is 103 cm³/mol. The van der Waals surface area contributed by atoms with Crippen molar-refractivity contribution in [1.82, 2.24) is 10.3 Å². The van der Waals surface area contributed by atoms with Crippen LogP contribution in [0.25, 0.3) is 11.0 Å². The van der Waals surface area contributed by atoms with Gasteiger partial charge in [-0.05, 0) is 48.9 Å². The summed E-state index contributed by atoms with van der Waals surface area (Å²) in [6.07, 6.45) is -4.61. The maximum Gasteiger partial charge on any atom is 0.416 e. The van der Waals surface area contributed by atoms with E-state index in [1.165, 1.54) is 18.2 Å². The molecule has 2 N–H and O–H groups in total. The van der Waals surface area contributed by atoms with Crippen molar-refractivity contribution in [3.05, 3.63) is 70.1 Å². The molecule has 0 aliphatic carbocycles. The summed E-state index contributed by atoms with van der Waals surface area (Å²) in [5.74, 6) is -0.678. The zero-order valence-corrected chi connectivity index (χ0v) is 16.6. The van der Waals surface area contributed by atoms with Gasteiger partial charge >= 0.3 is 11.8 Å². The van der Waals surface area contributed by atoms with Crippen LogP contribution in [0.3, 0.4) is 0 Å². The van der Waals surface area contributed by atoms with Gasteiger partial charge in [-0.2, -0.15) is 13.2 Å². The first-order valence-electron chi connectivity index (χ1n) is 8.61. The van der Waals surface area contributed by atoms with Crippen molar-refractivity contribution in [3.8, 4) is 5.75 Å². The summed E-state index contributed by atoms with van der Waals surface area (Å²) in [6.45, 7) is 1.15. The van der Waals surface area contributed by atoms with Crippen molar-refractivity contribution < 1.29 is 35.5 Å². The molecule has 0 aliphatic heterocycles. The molecule has 1 aromatic heterocycles. The lowest BCUT2D eigenvalue weighted by molar-refractivity contribution is -0.137. The Morgan fingerprint density at radius 2 is 1.77 bits per heavy atom. The standard InChI is InChI=1S/C19H15F3N2O6S/c1-11-8-18(26)30-16-9-13(4-7-15(11)16)29-10-17(25)23-24-31(27,28)14-5-2-12(3-6-14)19(20,21)22/h2-9,24H,10H2,1H3,(H,23,25). The highest BCUT2D eigenvalue weighted by Gasteiger charge is 2.30. The highest BCUT2D eigenvalue weighted by Crippen LogP contribution is 2.29. The van der Waals surface area contributed by atoms with Gasteiger partial charge in [0.25, 0.3) is 15.9 Å². The summed E-state index contributed by atoms with van der Waals surface area (Å²) in [6, 6.07) is 8.65. The molecule has 1 heterocycles. The van der Waals surface area contributed by atoms with E-state index in [9.17, 15) is 31.2 Å². The van der Waals surface area contributed by atoms with Crippen LogP contribution >= 0.6 is 0 Å². The van der Waals surface area contributed by atoms with Crippen molar-refractivity contribution >= 4 is 26.9 Å². The number of hydrogen-bond acceptors (Lipinski definition) is 6. The largest absolute Gasteiger partial charge is 0.484 e. The Labute approximate surface area is 173 Å². The molecule has 0 fully saturated rings. The van der Waals surface area contributed by atoms with Gasteiger partial charge in [0.1, 0.15) is 11.3 Å². The molecule has 0 bridgehead atoms. The number of hydrazine groups is 1. The van der Waals surface area contributed by atoms with E-state index in [0.717, 1.165) is 12.1 Å². The van der Waals surface area contributed by atoms with Crippen LogP contribution in [0.2, 0.25) is 0 Å². The zero-order chi connectivity index (χ0) is 22.8. The van der Waals surface area contributed by atoms with Gasteiger partial charge in [-0.15, -0.1) is 4.83 Å². The number of carbonyl (C=O) groups excluding carboxylic acids is 1. The van der Waals surface area contributed by atoms with Crippen molar-refractivity contribution in [2.45, 2.75) is 18.0 Å². The molecule has 0 saturated carbocycles. The van der Waals surface area contributed by atoms with Gasteiger partial charge in [-0.1, -0.05) is 0 Å². The Bertz CT molecular complexity index is 1280. The summed E-state index contributed by atoms with van der Waals surface area (Å²) >= 11 is 0. The lowest BCUT2D eigenvalue weighted by Crippen LogP contribution is -2.43. The molecule has 0 aliphatic rings. The van der Waals surface area contributed by atoms with Gasteiger partial charge in [0.2, 0.25) is 0 Å². The predicted octanol–water partition coefficient (Wildman–Crippen LogP) is 2.51. The SMILES string of the molecule is Cc1cc(=O)oc2cc(OCC(=O)NNS(=O)(=O)c3ccc(C(F)(F)F)cc3)ccc12.